The highest BCUT2D eigenvalue weighted by molar-refractivity contribution is 5.04. The molecule has 5 nitrogen and oxygen atoms in total. The summed E-state index contributed by atoms with van der Waals surface area (Å²) in [6, 6.07) is 0. The second kappa shape index (κ2) is 3.57. The van der Waals surface area contributed by atoms with Gasteiger partial charge in [0.2, 0.25) is 0 Å². The zero-order valence-electron chi connectivity index (χ0n) is 8.59. The molecule has 0 bridgehead atoms. The van der Waals surface area contributed by atoms with Crippen LogP contribution in [0.15, 0.2) is 0 Å². The lowest BCUT2D eigenvalue weighted by Gasteiger charge is -2.21. The van der Waals surface area contributed by atoms with Crippen molar-refractivity contribution in [1.29, 1.82) is 0 Å². The first-order valence-corrected chi connectivity index (χ1v) is 5.56. The normalized spacial score (nSPS) is 30.5. The van der Waals surface area contributed by atoms with Gasteiger partial charge in [-0.05, 0) is 19.3 Å². The van der Waals surface area contributed by atoms with E-state index in [1.807, 2.05) is 4.57 Å². The Kier molecular flexibility index (Phi) is 2.21. The molecule has 1 saturated heterocycles. The van der Waals surface area contributed by atoms with Crippen LogP contribution >= 0.6 is 0 Å². The van der Waals surface area contributed by atoms with Crippen LogP contribution in [0.25, 0.3) is 0 Å². The first-order chi connectivity index (χ1) is 7.34. The number of aliphatic hydroxyl groups is 1. The van der Waals surface area contributed by atoms with Gasteiger partial charge in [-0.3, -0.25) is 0 Å². The van der Waals surface area contributed by atoms with Crippen LogP contribution < -0.4 is 0 Å². The fourth-order valence-corrected chi connectivity index (χ4v) is 2.35. The summed E-state index contributed by atoms with van der Waals surface area (Å²) >= 11 is 0. The molecular weight excluding hydrogens is 194 g/mol. The van der Waals surface area contributed by atoms with E-state index in [0.29, 0.717) is 6.54 Å². The van der Waals surface area contributed by atoms with Crippen molar-refractivity contribution in [3.63, 3.8) is 0 Å². The van der Waals surface area contributed by atoms with Crippen LogP contribution in [0.3, 0.4) is 0 Å². The lowest BCUT2D eigenvalue weighted by atomic mass is 10.1. The van der Waals surface area contributed by atoms with Gasteiger partial charge in [0.15, 0.2) is 5.82 Å². The van der Waals surface area contributed by atoms with Gasteiger partial charge in [-0.15, -0.1) is 10.2 Å². The summed E-state index contributed by atoms with van der Waals surface area (Å²) in [5.41, 5.74) is 0. The number of aromatic nitrogens is 3. The summed E-state index contributed by atoms with van der Waals surface area (Å²) in [5, 5.41) is 18.0. The van der Waals surface area contributed by atoms with Gasteiger partial charge in [-0.1, -0.05) is 0 Å². The minimum Gasteiger partial charge on any atom is -0.391 e. The van der Waals surface area contributed by atoms with Gasteiger partial charge in [0.1, 0.15) is 11.9 Å². The minimum absolute atomic E-state index is 0.0940. The summed E-state index contributed by atoms with van der Waals surface area (Å²) in [5.74, 6) is 1.90. The van der Waals surface area contributed by atoms with Gasteiger partial charge >= 0.3 is 0 Å². The number of hydrogen-bond donors (Lipinski definition) is 1. The highest BCUT2D eigenvalue weighted by Gasteiger charge is 2.28. The van der Waals surface area contributed by atoms with Crippen molar-refractivity contribution in [2.75, 3.05) is 6.61 Å². The third-order valence-electron chi connectivity index (χ3n) is 3.17. The third-order valence-corrected chi connectivity index (χ3v) is 3.17. The molecule has 0 aliphatic carbocycles. The van der Waals surface area contributed by atoms with E-state index >= 15 is 0 Å². The van der Waals surface area contributed by atoms with Crippen LogP contribution in [-0.2, 0) is 17.7 Å². The van der Waals surface area contributed by atoms with E-state index in [4.69, 9.17) is 4.74 Å². The molecule has 0 saturated carbocycles. The largest absolute Gasteiger partial charge is 0.391 e. The molecule has 5 heteroatoms. The van der Waals surface area contributed by atoms with Crippen molar-refractivity contribution in [1.82, 2.24) is 14.8 Å². The van der Waals surface area contributed by atoms with Crippen molar-refractivity contribution in [2.24, 2.45) is 0 Å². The second-order valence-corrected chi connectivity index (χ2v) is 4.28. The molecule has 0 radical (unpaired) electrons. The zero-order chi connectivity index (χ0) is 10.3. The molecule has 15 heavy (non-hydrogen) atoms. The average molecular weight is 209 g/mol. The Bertz CT molecular complexity index is 358. The molecule has 82 valence electrons. The molecular formula is C10H15N3O2. The molecule has 3 heterocycles. The molecule has 1 aromatic heterocycles. The number of rotatable bonds is 1. The second-order valence-electron chi connectivity index (χ2n) is 4.28. The van der Waals surface area contributed by atoms with Crippen LogP contribution in [0.1, 0.15) is 37.0 Å². The summed E-state index contributed by atoms with van der Waals surface area (Å²) in [4.78, 5) is 0. The molecule has 3 rings (SSSR count). The molecule has 0 spiro atoms. The molecule has 1 fully saturated rings. The molecule has 2 aliphatic rings. The fraction of sp³-hybridized carbons (Fsp3) is 0.800. The van der Waals surface area contributed by atoms with Gasteiger partial charge in [0.25, 0.3) is 0 Å². The van der Waals surface area contributed by atoms with Gasteiger partial charge in [-0.2, -0.15) is 0 Å². The van der Waals surface area contributed by atoms with E-state index in [9.17, 15) is 5.11 Å². The molecule has 2 aliphatic heterocycles. The van der Waals surface area contributed by atoms with Crippen LogP contribution in [0.5, 0.6) is 0 Å². The lowest BCUT2D eigenvalue weighted by Crippen LogP contribution is -2.26. The Morgan fingerprint density at radius 1 is 1.33 bits per heavy atom. The first kappa shape index (κ1) is 9.30. The highest BCUT2D eigenvalue weighted by atomic mass is 16.5. The number of aliphatic hydroxyl groups excluding tert-OH is 1. The van der Waals surface area contributed by atoms with Crippen LogP contribution in [-0.4, -0.2) is 32.6 Å². The SMILES string of the molecule is OC1CCc2nnc(C3CCCO3)n2C1. The van der Waals surface area contributed by atoms with E-state index in [-0.39, 0.29) is 12.2 Å². The molecule has 2 unspecified atom stereocenters. The summed E-state index contributed by atoms with van der Waals surface area (Å²) in [6.45, 7) is 1.44. The number of aryl methyl sites for hydroxylation is 1. The standard InChI is InChI=1S/C10H15N3O2/c14-7-3-4-9-11-12-10(13(9)6-7)8-2-1-5-15-8/h7-8,14H,1-6H2. The predicted octanol–water partition coefficient (Wildman–Crippen LogP) is 0.437. The maximum atomic E-state index is 9.62. The highest BCUT2D eigenvalue weighted by Crippen LogP contribution is 2.29. The third kappa shape index (κ3) is 1.55. The Labute approximate surface area is 88.1 Å². The van der Waals surface area contributed by atoms with Crippen molar-refractivity contribution < 1.29 is 9.84 Å². The van der Waals surface area contributed by atoms with Crippen molar-refractivity contribution in [3.05, 3.63) is 11.6 Å². The quantitative estimate of drug-likeness (QED) is 0.729. The molecule has 0 amide bonds. The number of fused-ring (bicyclic) bond motifs is 1. The van der Waals surface area contributed by atoms with E-state index in [0.717, 1.165) is 43.9 Å². The van der Waals surface area contributed by atoms with Crippen molar-refractivity contribution >= 4 is 0 Å². The average Bonchev–Trinajstić information content (AvgIpc) is 2.83. The number of ether oxygens (including phenoxy) is 1. The van der Waals surface area contributed by atoms with Crippen LogP contribution in [0, 0.1) is 0 Å². The monoisotopic (exact) mass is 209 g/mol. The number of hydrogen-bond acceptors (Lipinski definition) is 4. The summed E-state index contributed by atoms with van der Waals surface area (Å²) in [6.07, 6.45) is 3.57. The van der Waals surface area contributed by atoms with E-state index in [1.165, 1.54) is 0 Å². The fourth-order valence-electron chi connectivity index (χ4n) is 2.35. The van der Waals surface area contributed by atoms with Crippen molar-refractivity contribution in [3.8, 4) is 0 Å². The Balaban J connectivity index is 1.92. The zero-order valence-corrected chi connectivity index (χ0v) is 8.59. The molecule has 0 aromatic carbocycles. The Morgan fingerprint density at radius 2 is 2.27 bits per heavy atom. The van der Waals surface area contributed by atoms with Gasteiger partial charge in [0.05, 0.1) is 12.6 Å². The number of nitrogens with zero attached hydrogens (tertiary/aromatic N) is 3. The van der Waals surface area contributed by atoms with Crippen molar-refractivity contribution in [2.45, 2.75) is 44.4 Å². The van der Waals surface area contributed by atoms with Gasteiger partial charge in [-0.25, -0.2) is 0 Å². The maximum absolute atomic E-state index is 9.62. The lowest BCUT2D eigenvalue weighted by molar-refractivity contribution is 0.0907. The predicted molar refractivity (Wildman–Crippen MR) is 52.3 cm³/mol. The van der Waals surface area contributed by atoms with Gasteiger partial charge < -0.3 is 14.4 Å². The molecule has 2 atom stereocenters. The molecule has 1 N–H and O–H groups in total. The van der Waals surface area contributed by atoms with Crippen LogP contribution in [0.4, 0.5) is 0 Å². The van der Waals surface area contributed by atoms with E-state index in [2.05, 4.69) is 10.2 Å². The maximum Gasteiger partial charge on any atom is 0.162 e. The topological polar surface area (TPSA) is 60.2 Å². The summed E-state index contributed by atoms with van der Waals surface area (Å²) in [7, 11) is 0. The van der Waals surface area contributed by atoms with E-state index < -0.39 is 0 Å². The van der Waals surface area contributed by atoms with Crippen LogP contribution in [0.2, 0.25) is 0 Å². The minimum atomic E-state index is -0.256. The van der Waals surface area contributed by atoms with E-state index in [1.54, 1.807) is 0 Å². The summed E-state index contributed by atoms with van der Waals surface area (Å²) < 4.78 is 7.63. The Hall–Kier alpha value is -0.940. The van der Waals surface area contributed by atoms with Gasteiger partial charge in [0, 0.05) is 13.0 Å². The molecule has 1 aromatic rings. The Morgan fingerprint density at radius 3 is 3.07 bits per heavy atom. The first-order valence-electron chi connectivity index (χ1n) is 5.56. The smallest absolute Gasteiger partial charge is 0.162 e.